The molecule has 0 unspecified atom stereocenters. The third kappa shape index (κ3) is 2.74. The van der Waals surface area contributed by atoms with E-state index in [0.29, 0.717) is 18.0 Å². The minimum atomic E-state index is 0.381. The summed E-state index contributed by atoms with van der Waals surface area (Å²) in [7, 11) is 1.69. The highest BCUT2D eigenvalue weighted by molar-refractivity contribution is 6.17. The molecule has 0 bridgehead atoms. The molecule has 21 heavy (non-hydrogen) atoms. The molecule has 2 aromatic rings. The molecular weight excluding hydrogens is 288 g/mol. The molecule has 5 heteroatoms. The lowest BCUT2D eigenvalue weighted by Crippen LogP contribution is -2.34. The van der Waals surface area contributed by atoms with Crippen molar-refractivity contribution in [2.24, 2.45) is 0 Å². The van der Waals surface area contributed by atoms with Gasteiger partial charge in [-0.05, 0) is 31.9 Å². The summed E-state index contributed by atoms with van der Waals surface area (Å²) in [6.45, 7) is 2.83. The van der Waals surface area contributed by atoms with Gasteiger partial charge in [-0.15, -0.1) is 11.6 Å². The van der Waals surface area contributed by atoms with Crippen LogP contribution in [0.5, 0.6) is 5.75 Å². The Labute approximate surface area is 130 Å². The molecule has 0 aliphatic heterocycles. The number of nitrogens with zero attached hydrogens (tertiary/aromatic N) is 2. The Morgan fingerprint density at radius 2 is 2.19 bits per heavy atom. The molecule has 1 aliphatic rings. The number of hydrogen-bond donors (Lipinski definition) is 0. The summed E-state index contributed by atoms with van der Waals surface area (Å²) in [6, 6.07) is 6.49. The van der Waals surface area contributed by atoms with Gasteiger partial charge in [-0.25, -0.2) is 4.98 Å². The number of halogens is 1. The van der Waals surface area contributed by atoms with Crippen molar-refractivity contribution in [3.05, 3.63) is 24.0 Å². The van der Waals surface area contributed by atoms with Crippen molar-refractivity contribution in [3.63, 3.8) is 0 Å². The molecule has 1 heterocycles. The number of rotatable bonds is 6. The molecule has 0 saturated heterocycles. The quantitative estimate of drug-likeness (QED) is 0.766. The number of imidazole rings is 1. The van der Waals surface area contributed by atoms with Crippen LogP contribution in [0, 0.1) is 0 Å². The Bertz CT molecular complexity index is 620. The first-order chi connectivity index (χ1) is 10.3. The first-order valence-corrected chi connectivity index (χ1v) is 8.02. The van der Waals surface area contributed by atoms with Gasteiger partial charge in [0.1, 0.15) is 11.6 Å². The molecule has 1 aromatic carbocycles. The number of aryl methyl sites for hydroxylation is 1. The van der Waals surface area contributed by atoms with Gasteiger partial charge in [0.05, 0.1) is 24.2 Å². The van der Waals surface area contributed by atoms with Gasteiger partial charge in [-0.1, -0.05) is 0 Å². The Morgan fingerprint density at radius 1 is 1.38 bits per heavy atom. The minimum Gasteiger partial charge on any atom is -0.497 e. The fourth-order valence-corrected chi connectivity index (χ4v) is 3.21. The van der Waals surface area contributed by atoms with E-state index in [1.165, 1.54) is 0 Å². The third-order valence-corrected chi connectivity index (χ3v) is 4.31. The summed E-state index contributed by atoms with van der Waals surface area (Å²) in [5, 5.41) is 0. The highest BCUT2D eigenvalue weighted by atomic mass is 35.5. The Balaban J connectivity index is 1.95. The van der Waals surface area contributed by atoms with Crippen molar-refractivity contribution in [2.75, 3.05) is 19.6 Å². The largest absolute Gasteiger partial charge is 0.497 e. The lowest BCUT2D eigenvalue weighted by atomic mass is 9.88. The van der Waals surface area contributed by atoms with Gasteiger partial charge in [-0.3, -0.25) is 0 Å². The third-order valence-electron chi connectivity index (χ3n) is 4.13. The first kappa shape index (κ1) is 14.7. The summed E-state index contributed by atoms with van der Waals surface area (Å²) in [5.74, 6) is 2.51. The Kier molecular flexibility index (Phi) is 4.36. The van der Waals surface area contributed by atoms with Gasteiger partial charge in [-0.2, -0.15) is 0 Å². The highest BCUT2D eigenvalue weighted by Gasteiger charge is 2.33. The molecular formula is C16H21ClN2O2. The Hall–Kier alpha value is -1.26. The van der Waals surface area contributed by atoms with Crippen molar-refractivity contribution in [3.8, 4) is 5.75 Å². The summed E-state index contributed by atoms with van der Waals surface area (Å²) < 4.78 is 13.4. The number of aromatic nitrogens is 2. The van der Waals surface area contributed by atoms with E-state index in [1.807, 2.05) is 19.1 Å². The van der Waals surface area contributed by atoms with Crippen LogP contribution in [0.25, 0.3) is 11.0 Å². The molecule has 0 amide bonds. The van der Waals surface area contributed by atoms with Crippen molar-refractivity contribution in [2.45, 2.75) is 38.3 Å². The van der Waals surface area contributed by atoms with Crippen molar-refractivity contribution >= 4 is 22.6 Å². The van der Waals surface area contributed by atoms with Crippen LogP contribution in [0.2, 0.25) is 0 Å². The zero-order valence-electron chi connectivity index (χ0n) is 12.5. The van der Waals surface area contributed by atoms with Crippen LogP contribution in [0.15, 0.2) is 18.2 Å². The molecule has 4 nitrogen and oxygen atoms in total. The second-order valence-electron chi connectivity index (χ2n) is 5.39. The predicted octanol–water partition coefficient (Wildman–Crippen LogP) is 3.57. The lowest BCUT2D eigenvalue weighted by molar-refractivity contribution is -0.0192. The molecule has 3 rings (SSSR count). The maximum atomic E-state index is 5.94. The van der Waals surface area contributed by atoms with E-state index >= 15 is 0 Å². The van der Waals surface area contributed by atoms with E-state index < -0.39 is 0 Å². The molecule has 0 radical (unpaired) electrons. The van der Waals surface area contributed by atoms with Crippen molar-refractivity contribution in [1.29, 1.82) is 0 Å². The number of ether oxygens (including phenoxy) is 2. The average Bonchev–Trinajstić information content (AvgIpc) is 2.80. The van der Waals surface area contributed by atoms with Crippen molar-refractivity contribution < 1.29 is 9.47 Å². The maximum absolute atomic E-state index is 5.94. The van der Waals surface area contributed by atoms with Crippen LogP contribution in [-0.2, 0) is 11.2 Å². The molecule has 0 spiro atoms. The monoisotopic (exact) mass is 308 g/mol. The molecule has 1 aliphatic carbocycles. The van der Waals surface area contributed by atoms with Crippen LogP contribution in [0.3, 0.4) is 0 Å². The van der Waals surface area contributed by atoms with Gasteiger partial charge in [0.25, 0.3) is 0 Å². The zero-order chi connectivity index (χ0) is 14.8. The SMILES string of the molecule is CCOC1CC(n2c(CCCl)nc3ccc(OC)cc32)C1. The van der Waals surface area contributed by atoms with E-state index in [0.717, 1.165) is 48.5 Å². The van der Waals surface area contributed by atoms with Crippen LogP contribution in [0.1, 0.15) is 31.6 Å². The molecule has 1 fully saturated rings. The van der Waals surface area contributed by atoms with Gasteiger partial charge >= 0.3 is 0 Å². The number of fused-ring (bicyclic) bond motifs is 1. The summed E-state index contributed by atoms with van der Waals surface area (Å²) in [6.07, 6.45) is 3.26. The van der Waals surface area contributed by atoms with Crippen LogP contribution in [-0.4, -0.2) is 35.3 Å². The normalized spacial score (nSPS) is 21.5. The number of methoxy groups -OCH3 is 1. The van der Waals surface area contributed by atoms with E-state index in [1.54, 1.807) is 7.11 Å². The molecule has 0 N–H and O–H groups in total. The highest BCUT2D eigenvalue weighted by Crippen LogP contribution is 2.38. The predicted molar refractivity (Wildman–Crippen MR) is 84.4 cm³/mol. The van der Waals surface area contributed by atoms with E-state index in [9.17, 15) is 0 Å². The molecule has 1 saturated carbocycles. The number of alkyl halides is 1. The topological polar surface area (TPSA) is 36.3 Å². The number of hydrogen-bond acceptors (Lipinski definition) is 3. The lowest BCUT2D eigenvalue weighted by Gasteiger charge is -2.37. The summed E-state index contributed by atoms with van der Waals surface area (Å²) >= 11 is 5.94. The second-order valence-corrected chi connectivity index (χ2v) is 5.77. The summed E-state index contributed by atoms with van der Waals surface area (Å²) in [4.78, 5) is 4.73. The molecule has 114 valence electrons. The smallest absolute Gasteiger partial charge is 0.121 e. The Morgan fingerprint density at radius 3 is 2.86 bits per heavy atom. The fraction of sp³-hybridized carbons (Fsp3) is 0.562. The molecule has 1 aromatic heterocycles. The van der Waals surface area contributed by atoms with Crippen molar-refractivity contribution in [1.82, 2.24) is 9.55 Å². The van der Waals surface area contributed by atoms with E-state index in [4.69, 9.17) is 26.1 Å². The van der Waals surface area contributed by atoms with Gasteiger partial charge in [0.15, 0.2) is 0 Å². The van der Waals surface area contributed by atoms with Gasteiger partial charge in [0, 0.05) is 31.0 Å². The standard InChI is InChI=1S/C16H21ClN2O2/c1-3-21-13-8-11(9-13)19-15-10-12(20-2)4-5-14(15)18-16(19)6-7-17/h4-5,10-11,13H,3,6-9H2,1-2H3. The average molecular weight is 309 g/mol. The van der Waals surface area contributed by atoms with E-state index in [2.05, 4.69) is 10.6 Å². The van der Waals surface area contributed by atoms with Crippen LogP contribution >= 0.6 is 11.6 Å². The van der Waals surface area contributed by atoms with Crippen LogP contribution < -0.4 is 4.74 Å². The van der Waals surface area contributed by atoms with Gasteiger partial charge < -0.3 is 14.0 Å². The molecule has 0 atom stereocenters. The first-order valence-electron chi connectivity index (χ1n) is 7.49. The fourth-order valence-electron chi connectivity index (χ4n) is 3.04. The van der Waals surface area contributed by atoms with Gasteiger partial charge in [0.2, 0.25) is 0 Å². The zero-order valence-corrected chi connectivity index (χ0v) is 13.3. The second kappa shape index (κ2) is 6.24. The maximum Gasteiger partial charge on any atom is 0.121 e. The van der Waals surface area contributed by atoms with E-state index in [-0.39, 0.29) is 0 Å². The minimum absolute atomic E-state index is 0.381. The van der Waals surface area contributed by atoms with Crippen LogP contribution in [0.4, 0.5) is 0 Å². The number of benzene rings is 1. The summed E-state index contributed by atoms with van der Waals surface area (Å²) in [5.41, 5.74) is 2.14.